The summed E-state index contributed by atoms with van der Waals surface area (Å²) in [6.07, 6.45) is 1.43. The molecule has 0 atom stereocenters. The van der Waals surface area contributed by atoms with E-state index >= 15 is 0 Å². The van der Waals surface area contributed by atoms with E-state index in [0.717, 1.165) is 11.3 Å². The van der Waals surface area contributed by atoms with E-state index in [4.69, 9.17) is 9.84 Å². The molecule has 0 aliphatic heterocycles. The van der Waals surface area contributed by atoms with Gasteiger partial charge >= 0.3 is 5.97 Å². The lowest BCUT2D eigenvalue weighted by Crippen LogP contribution is -2.47. The van der Waals surface area contributed by atoms with Crippen molar-refractivity contribution in [1.29, 1.82) is 0 Å². The Morgan fingerprint density at radius 2 is 2.26 bits per heavy atom. The lowest BCUT2D eigenvalue weighted by Gasteiger charge is -2.34. The fourth-order valence-electron chi connectivity index (χ4n) is 1.88. The van der Waals surface area contributed by atoms with Crippen LogP contribution in [0.1, 0.15) is 30.1 Å². The van der Waals surface area contributed by atoms with Gasteiger partial charge in [0.05, 0.1) is 11.7 Å². The number of ether oxygens (including phenoxy) is 1. The van der Waals surface area contributed by atoms with Gasteiger partial charge in [0.25, 0.3) is 0 Å². The molecule has 0 aromatic carbocycles. The third-order valence-electron chi connectivity index (χ3n) is 2.91. The molecule has 6 nitrogen and oxygen atoms in total. The number of hydrogen-bond donors (Lipinski definition) is 2. The summed E-state index contributed by atoms with van der Waals surface area (Å²) >= 11 is 0.910. The van der Waals surface area contributed by atoms with E-state index < -0.39 is 16.0 Å². The number of carbonyl (C=O) groups is 1. The standard InChI is InChI=1S/C11H15NO5S2/c1-2-17-9-4-8(5-9)12-19(15,16)10-3-7(6-18-10)11(13)14/h3,6,8-9,12H,2,4-5H2,1H3,(H,13,14). The average molecular weight is 305 g/mol. The summed E-state index contributed by atoms with van der Waals surface area (Å²) in [6.45, 7) is 2.52. The van der Waals surface area contributed by atoms with Gasteiger partial charge in [-0.2, -0.15) is 0 Å². The quantitative estimate of drug-likeness (QED) is 0.826. The van der Waals surface area contributed by atoms with E-state index in [0.29, 0.717) is 19.4 Å². The molecule has 0 amide bonds. The smallest absolute Gasteiger partial charge is 0.336 e. The van der Waals surface area contributed by atoms with Gasteiger partial charge in [0.15, 0.2) is 0 Å². The normalized spacial score (nSPS) is 23.0. The fourth-order valence-corrected chi connectivity index (χ4v) is 4.31. The lowest BCUT2D eigenvalue weighted by molar-refractivity contribution is -0.00475. The van der Waals surface area contributed by atoms with Crippen LogP contribution >= 0.6 is 11.3 Å². The Balaban J connectivity index is 1.97. The maximum absolute atomic E-state index is 12.0. The highest BCUT2D eigenvalue weighted by molar-refractivity contribution is 7.91. The van der Waals surface area contributed by atoms with Crippen LogP contribution in [0, 0.1) is 0 Å². The third kappa shape index (κ3) is 3.33. The number of nitrogens with one attached hydrogen (secondary N) is 1. The second kappa shape index (κ2) is 5.58. The summed E-state index contributed by atoms with van der Waals surface area (Å²) < 4.78 is 31.9. The van der Waals surface area contributed by atoms with Crippen molar-refractivity contribution in [3.63, 3.8) is 0 Å². The van der Waals surface area contributed by atoms with Crippen LogP contribution in [-0.2, 0) is 14.8 Å². The molecule has 1 heterocycles. The Hall–Kier alpha value is -0.960. The molecule has 1 aliphatic rings. The summed E-state index contributed by atoms with van der Waals surface area (Å²) in [6, 6.07) is 1.05. The molecule has 0 bridgehead atoms. The van der Waals surface area contributed by atoms with Gasteiger partial charge in [-0.15, -0.1) is 11.3 Å². The van der Waals surface area contributed by atoms with Crippen LogP contribution in [0.4, 0.5) is 0 Å². The Labute approximate surface area is 115 Å². The zero-order valence-corrected chi connectivity index (χ0v) is 12.0. The van der Waals surface area contributed by atoms with Crippen LogP contribution < -0.4 is 4.72 Å². The number of hydrogen-bond acceptors (Lipinski definition) is 5. The zero-order valence-electron chi connectivity index (χ0n) is 10.3. The van der Waals surface area contributed by atoms with Crippen molar-refractivity contribution in [3.8, 4) is 0 Å². The van der Waals surface area contributed by atoms with E-state index in [2.05, 4.69) is 4.72 Å². The van der Waals surface area contributed by atoms with Crippen LogP contribution in [0.5, 0.6) is 0 Å². The summed E-state index contributed by atoms with van der Waals surface area (Å²) in [5.74, 6) is -1.13. The zero-order chi connectivity index (χ0) is 14.0. The molecule has 8 heteroatoms. The second-order valence-electron chi connectivity index (χ2n) is 4.33. The van der Waals surface area contributed by atoms with Crippen molar-refractivity contribution in [2.24, 2.45) is 0 Å². The number of rotatable bonds is 6. The Morgan fingerprint density at radius 3 is 2.79 bits per heavy atom. The monoisotopic (exact) mass is 305 g/mol. The molecular formula is C11H15NO5S2. The highest BCUT2D eigenvalue weighted by atomic mass is 32.2. The van der Waals surface area contributed by atoms with Gasteiger partial charge in [-0.25, -0.2) is 17.9 Å². The summed E-state index contributed by atoms with van der Waals surface area (Å²) in [7, 11) is -3.62. The van der Waals surface area contributed by atoms with Gasteiger partial charge in [0, 0.05) is 18.0 Å². The van der Waals surface area contributed by atoms with E-state index in [1.165, 1.54) is 11.4 Å². The van der Waals surface area contributed by atoms with Gasteiger partial charge in [-0.05, 0) is 25.8 Å². The molecule has 1 fully saturated rings. The summed E-state index contributed by atoms with van der Waals surface area (Å²) in [5.41, 5.74) is -0.00817. The predicted octanol–water partition coefficient (Wildman–Crippen LogP) is 1.29. The molecule has 0 spiro atoms. The topological polar surface area (TPSA) is 92.7 Å². The molecule has 0 saturated heterocycles. The molecule has 2 rings (SSSR count). The first-order valence-electron chi connectivity index (χ1n) is 5.88. The molecule has 0 unspecified atom stereocenters. The van der Waals surface area contributed by atoms with Crippen LogP contribution in [0.25, 0.3) is 0 Å². The second-order valence-corrected chi connectivity index (χ2v) is 7.18. The lowest BCUT2D eigenvalue weighted by atomic mass is 9.90. The van der Waals surface area contributed by atoms with E-state index in [-0.39, 0.29) is 21.9 Å². The maximum Gasteiger partial charge on any atom is 0.336 e. The van der Waals surface area contributed by atoms with Crippen molar-refractivity contribution in [2.45, 2.75) is 36.1 Å². The van der Waals surface area contributed by atoms with Crippen molar-refractivity contribution in [2.75, 3.05) is 6.61 Å². The van der Waals surface area contributed by atoms with Crippen LogP contribution in [0.2, 0.25) is 0 Å². The van der Waals surface area contributed by atoms with Crippen LogP contribution in [-0.4, -0.2) is 38.2 Å². The van der Waals surface area contributed by atoms with Gasteiger partial charge < -0.3 is 9.84 Å². The first kappa shape index (κ1) is 14.4. The minimum atomic E-state index is -3.62. The molecular weight excluding hydrogens is 290 g/mol. The highest BCUT2D eigenvalue weighted by Crippen LogP contribution is 2.27. The van der Waals surface area contributed by atoms with Gasteiger partial charge in [-0.1, -0.05) is 0 Å². The molecule has 1 saturated carbocycles. The molecule has 1 aliphatic carbocycles. The van der Waals surface area contributed by atoms with Crippen molar-refractivity contribution in [3.05, 3.63) is 17.0 Å². The van der Waals surface area contributed by atoms with Crippen molar-refractivity contribution in [1.82, 2.24) is 4.72 Å². The van der Waals surface area contributed by atoms with Crippen molar-refractivity contribution >= 4 is 27.3 Å². The Morgan fingerprint density at radius 1 is 1.58 bits per heavy atom. The van der Waals surface area contributed by atoms with E-state index in [9.17, 15) is 13.2 Å². The molecule has 1 aromatic rings. The molecule has 0 radical (unpaired) electrons. The highest BCUT2D eigenvalue weighted by Gasteiger charge is 2.33. The molecule has 106 valence electrons. The fraction of sp³-hybridized carbons (Fsp3) is 0.545. The SMILES string of the molecule is CCOC1CC(NS(=O)(=O)c2cc(C(=O)O)cs2)C1. The maximum atomic E-state index is 12.0. The number of carboxylic acid groups (broad SMARTS) is 1. The number of sulfonamides is 1. The largest absolute Gasteiger partial charge is 0.478 e. The van der Waals surface area contributed by atoms with Crippen LogP contribution in [0.3, 0.4) is 0 Å². The Bertz CT molecular complexity index is 559. The molecule has 1 aromatic heterocycles. The van der Waals surface area contributed by atoms with E-state index in [1.807, 2.05) is 6.92 Å². The minimum Gasteiger partial charge on any atom is -0.478 e. The van der Waals surface area contributed by atoms with Gasteiger partial charge in [0.1, 0.15) is 4.21 Å². The summed E-state index contributed by atoms with van der Waals surface area (Å²) in [5, 5.41) is 10.1. The Kier molecular flexibility index (Phi) is 4.24. The van der Waals surface area contributed by atoms with E-state index in [1.54, 1.807) is 0 Å². The number of aromatic carboxylic acids is 1. The number of carboxylic acids is 1. The first-order chi connectivity index (χ1) is 8.92. The van der Waals surface area contributed by atoms with Gasteiger partial charge in [-0.3, -0.25) is 0 Å². The molecule has 19 heavy (non-hydrogen) atoms. The molecule has 2 N–H and O–H groups in total. The number of thiophene rings is 1. The first-order valence-corrected chi connectivity index (χ1v) is 8.24. The van der Waals surface area contributed by atoms with Crippen molar-refractivity contribution < 1.29 is 23.1 Å². The predicted molar refractivity (Wildman–Crippen MR) is 70.0 cm³/mol. The van der Waals surface area contributed by atoms with Gasteiger partial charge in [0.2, 0.25) is 10.0 Å². The third-order valence-corrected chi connectivity index (χ3v) is 5.87. The summed E-state index contributed by atoms with van der Waals surface area (Å²) in [4.78, 5) is 10.7. The van der Waals surface area contributed by atoms with Crippen LogP contribution in [0.15, 0.2) is 15.7 Å². The minimum absolute atomic E-state index is 0.00817. The average Bonchev–Trinajstić information content (AvgIpc) is 2.76.